The van der Waals surface area contributed by atoms with Crippen LogP contribution in [-0.4, -0.2) is 55.4 Å². The number of anilines is 2. The number of nitrogens with zero attached hydrogens (tertiary/aromatic N) is 2. The number of para-hydroxylation sites is 1. The maximum atomic E-state index is 13.6. The van der Waals surface area contributed by atoms with Crippen LogP contribution in [0.25, 0.3) is 0 Å². The first-order valence-corrected chi connectivity index (χ1v) is 14.1. The Labute approximate surface area is 245 Å². The molecule has 214 valence electrons. The van der Waals surface area contributed by atoms with E-state index in [0.29, 0.717) is 16.8 Å². The standard InChI is InChI=1S/C34H34N4O4/c39-31(23-35-34(41)42-25-27-13-6-2-7-14-27)36-32-29(33(40)28-15-8-3-9-16-28)17-10-18-30(32)38-21-19-37(20-22-38)24-26-11-4-1-5-12-26/h1-18H,19-25H2,(H,35,41)(H,36,39). The molecule has 0 aromatic heterocycles. The Morgan fingerprint density at radius 2 is 1.31 bits per heavy atom. The Morgan fingerprint density at radius 1 is 0.690 bits per heavy atom. The Hall–Kier alpha value is -4.95. The smallest absolute Gasteiger partial charge is 0.407 e. The highest BCUT2D eigenvalue weighted by Gasteiger charge is 2.24. The molecule has 4 aromatic carbocycles. The molecular weight excluding hydrogens is 528 g/mol. The zero-order valence-electron chi connectivity index (χ0n) is 23.4. The number of carbonyl (C=O) groups excluding carboxylic acids is 3. The fourth-order valence-corrected chi connectivity index (χ4v) is 4.97. The monoisotopic (exact) mass is 562 g/mol. The molecule has 8 heteroatoms. The predicted molar refractivity (Wildman–Crippen MR) is 164 cm³/mol. The molecular formula is C34H34N4O4. The van der Waals surface area contributed by atoms with E-state index < -0.39 is 12.0 Å². The van der Waals surface area contributed by atoms with Gasteiger partial charge in [0.05, 0.1) is 11.4 Å². The molecule has 1 saturated heterocycles. The molecule has 1 aliphatic heterocycles. The average molecular weight is 563 g/mol. The van der Waals surface area contributed by atoms with E-state index >= 15 is 0 Å². The third kappa shape index (κ3) is 7.62. The molecule has 1 heterocycles. The van der Waals surface area contributed by atoms with E-state index in [4.69, 9.17) is 4.74 Å². The maximum Gasteiger partial charge on any atom is 0.407 e. The molecule has 5 rings (SSSR count). The van der Waals surface area contributed by atoms with Crippen molar-refractivity contribution in [1.82, 2.24) is 10.2 Å². The minimum Gasteiger partial charge on any atom is -0.445 e. The number of benzene rings is 4. The summed E-state index contributed by atoms with van der Waals surface area (Å²) in [6.07, 6.45) is -0.697. The number of piperazine rings is 1. The van der Waals surface area contributed by atoms with E-state index in [1.807, 2.05) is 78.9 Å². The lowest BCUT2D eigenvalue weighted by Crippen LogP contribution is -2.46. The molecule has 2 amide bonds. The molecule has 0 radical (unpaired) electrons. The Bertz CT molecular complexity index is 1490. The van der Waals surface area contributed by atoms with Crippen LogP contribution in [0, 0.1) is 0 Å². The Kier molecular flexibility index (Phi) is 9.59. The van der Waals surface area contributed by atoms with E-state index in [1.165, 1.54) is 5.56 Å². The van der Waals surface area contributed by atoms with E-state index in [2.05, 4.69) is 32.6 Å². The number of hydrogen-bond acceptors (Lipinski definition) is 6. The zero-order valence-corrected chi connectivity index (χ0v) is 23.4. The molecule has 0 aliphatic carbocycles. The molecule has 4 aromatic rings. The number of ether oxygens (including phenoxy) is 1. The van der Waals surface area contributed by atoms with Gasteiger partial charge in [0.15, 0.2) is 5.78 Å². The van der Waals surface area contributed by atoms with E-state index in [1.54, 1.807) is 18.2 Å². The van der Waals surface area contributed by atoms with Crippen LogP contribution in [0.3, 0.4) is 0 Å². The van der Waals surface area contributed by atoms with Crippen LogP contribution < -0.4 is 15.5 Å². The fourth-order valence-electron chi connectivity index (χ4n) is 4.97. The summed E-state index contributed by atoms with van der Waals surface area (Å²) in [4.78, 5) is 43.5. The van der Waals surface area contributed by atoms with Crippen molar-refractivity contribution in [1.29, 1.82) is 0 Å². The minimum atomic E-state index is -0.697. The van der Waals surface area contributed by atoms with Gasteiger partial charge in [-0.05, 0) is 23.3 Å². The Morgan fingerprint density at radius 3 is 1.98 bits per heavy atom. The van der Waals surface area contributed by atoms with Crippen molar-refractivity contribution in [2.45, 2.75) is 13.2 Å². The molecule has 0 atom stereocenters. The largest absolute Gasteiger partial charge is 0.445 e. The van der Waals surface area contributed by atoms with Gasteiger partial charge in [0.2, 0.25) is 5.91 Å². The molecule has 0 saturated carbocycles. The molecule has 0 spiro atoms. The molecule has 2 N–H and O–H groups in total. The summed E-state index contributed by atoms with van der Waals surface area (Å²) < 4.78 is 5.22. The van der Waals surface area contributed by atoms with Crippen molar-refractivity contribution in [2.75, 3.05) is 42.9 Å². The summed E-state index contributed by atoms with van der Waals surface area (Å²) in [6.45, 7) is 3.83. The third-order valence-electron chi connectivity index (χ3n) is 7.16. The van der Waals surface area contributed by atoms with Crippen molar-refractivity contribution in [3.05, 3.63) is 131 Å². The zero-order chi connectivity index (χ0) is 29.1. The number of amides is 2. The number of alkyl carbamates (subject to hydrolysis) is 1. The maximum absolute atomic E-state index is 13.6. The summed E-state index contributed by atoms with van der Waals surface area (Å²) in [7, 11) is 0. The summed E-state index contributed by atoms with van der Waals surface area (Å²) in [5.74, 6) is -0.644. The van der Waals surface area contributed by atoms with Crippen LogP contribution in [0.4, 0.5) is 16.2 Å². The van der Waals surface area contributed by atoms with Crippen LogP contribution in [-0.2, 0) is 22.7 Å². The van der Waals surface area contributed by atoms with Gasteiger partial charge in [0.1, 0.15) is 13.2 Å². The molecule has 42 heavy (non-hydrogen) atoms. The van der Waals surface area contributed by atoms with Crippen LogP contribution >= 0.6 is 0 Å². The van der Waals surface area contributed by atoms with Gasteiger partial charge < -0.3 is 20.3 Å². The van der Waals surface area contributed by atoms with Gasteiger partial charge in [-0.3, -0.25) is 14.5 Å². The van der Waals surface area contributed by atoms with Crippen molar-refractivity contribution in [2.24, 2.45) is 0 Å². The van der Waals surface area contributed by atoms with Crippen molar-refractivity contribution in [3.8, 4) is 0 Å². The summed E-state index contributed by atoms with van der Waals surface area (Å²) in [6, 6.07) is 34.2. The number of nitrogens with one attached hydrogen (secondary N) is 2. The topological polar surface area (TPSA) is 91.0 Å². The van der Waals surface area contributed by atoms with Gasteiger partial charge in [0.25, 0.3) is 0 Å². The molecule has 1 aliphatic rings. The third-order valence-corrected chi connectivity index (χ3v) is 7.16. The van der Waals surface area contributed by atoms with Crippen LogP contribution in [0.15, 0.2) is 109 Å². The normalized spacial score (nSPS) is 13.3. The van der Waals surface area contributed by atoms with Gasteiger partial charge in [-0.2, -0.15) is 0 Å². The fraction of sp³-hybridized carbons (Fsp3) is 0.206. The highest BCUT2D eigenvalue weighted by atomic mass is 16.5. The molecule has 0 bridgehead atoms. The lowest BCUT2D eigenvalue weighted by molar-refractivity contribution is -0.115. The molecule has 0 unspecified atom stereocenters. The van der Waals surface area contributed by atoms with Gasteiger partial charge >= 0.3 is 6.09 Å². The first-order valence-electron chi connectivity index (χ1n) is 14.1. The Balaban J connectivity index is 1.28. The van der Waals surface area contributed by atoms with Crippen LogP contribution in [0.2, 0.25) is 0 Å². The van der Waals surface area contributed by atoms with Gasteiger partial charge in [-0.1, -0.05) is 97.1 Å². The second kappa shape index (κ2) is 14.1. The predicted octanol–water partition coefficient (Wildman–Crippen LogP) is 5.10. The number of hydrogen-bond donors (Lipinski definition) is 2. The summed E-state index contributed by atoms with van der Waals surface area (Å²) >= 11 is 0. The quantitative estimate of drug-likeness (QED) is 0.261. The van der Waals surface area contributed by atoms with E-state index in [-0.39, 0.29) is 18.9 Å². The van der Waals surface area contributed by atoms with Gasteiger partial charge in [0, 0.05) is 43.9 Å². The van der Waals surface area contributed by atoms with Crippen molar-refractivity contribution in [3.63, 3.8) is 0 Å². The first kappa shape index (κ1) is 28.6. The second-order valence-electron chi connectivity index (χ2n) is 10.1. The molecule has 8 nitrogen and oxygen atoms in total. The molecule has 1 fully saturated rings. The van der Waals surface area contributed by atoms with Gasteiger partial charge in [-0.15, -0.1) is 0 Å². The lowest BCUT2D eigenvalue weighted by atomic mass is 10.00. The summed E-state index contributed by atoms with van der Waals surface area (Å²) in [5, 5.41) is 5.42. The first-order chi connectivity index (χ1) is 20.6. The lowest BCUT2D eigenvalue weighted by Gasteiger charge is -2.37. The van der Waals surface area contributed by atoms with Crippen LogP contribution in [0.5, 0.6) is 0 Å². The van der Waals surface area contributed by atoms with E-state index in [9.17, 15) is 14.4 Å². The summed E-state index contributed by atoms with van der Waals surface area (Å²) in [5.41, 5.74) is 4.25. The highest BCUT2D eigenvalue weighted by molar-refractivity contribution is 6.15. The van der Waals surface area contributed by atoms with Crippen molar-refractivity contribution >= 4 is 29.2 Å². The number of rotatable bonds is 10. The minimum absolute atomic E-state index is 0.100. The SMILES string of the molecule is O=C(CNC(=O)OCc1ccccc1)Nc1c(C(=O)c2ccccc2)cccc1N1CCN(Cc2ccccc2)CC1. The van der Waals surface area contributed by atoms with E-state index in [0.717, 1.165) is 44.0 Å². The number of ketones is 1. The van der Waals surface area contributed by atoms with Gasteiger partial charge in [-0.25, -0.2) is 4.79 Å². The average Bonchev–Trinajstić information content (AvgIpc) is 3.04. The second-order valence-corrected chi connectivity index (χ2v) is 10.1. The number of carbonyl (C=O) groups is 3. The van der Waals surface area contributed by atoms with Crippen molar-refractivity contribution < 1.29 is 19.1 Å². The highest BCUT2D eigenvalue weighted by Crippen LogP contribution is 2.32. The van der Waals surface area contributed by atoms with Crippen LogP contribution in [0.1, 0.15) is 27.0 Å².